The summed E-state index contributed by atoms with van der Waals surface area (Å²) in [6.07, 6.45) is 1.78. The monoisotopic (exact) mass is 467 g/mol. The van der Waals surface area contributed by atoms with Gasteiger partial charge in [0.25, 0.3) is 0 Å². The lowest BCUT2D eigenvalue weighted by Gasteiger charge is -2.34. The molecule has 1 aromatic carbocycles. The Bertz CT molecular complexity index is 1270. The third kappa shape index (κ3) is 3.96. The summed E-state index contributed by atoms with van der Waals surface area (Å²) in [4.78, 5) is 27.1. The third-order valence-electron chi connectivity index (χ3n) is 5.46. The van der Waals surface area contributed by atoms with Gasteiger partial charge in [-0.25, -0.2) is 9.97 Å². The number of piperazine rings is 1. The minimum atomic E-state index is 0.0166. The summed E-state index contributed by atoms with van der Waals surface area (Å²) in [6.45, 7) is 2.86. The van der Waals surface area contributed by atoms with E-state index < -0.39 is 0 Å². The highest BCUT2D eigenvalue weighted by Crippen LogP contribution is 2.28. The summed E-state index contributed by atoms with van der Waals surface area (Å²) >= 11 is 6.97. The number of benzene rings is 1. The Balaban J connectivity index is 1.26. The minimum absolute atomic E-state index is 0.0166. The van der Waals surface area contributed by atoms with Crippen LogP contribution < -0.4 is 9.64 Å². The van der Waals surface area contributed by atoms with E-state index in [2.05, 4.69) is 25.1 Å². The third-order valence-corrected chi connectivity index (χ3v) is 6.81. The van der Waals surface area contributed by atoms with Crippen LogP contribution in [0.3, 0.4) is 0 Å². The quantitative estimate of drug-likeness (QED) is 0.451. The molecule has 1 N–H and O–H groups in total. The first-order valence-electron chi connectivity index (χ1n) is 10.2. The number of nitrogens with one attached hydrogen (secondary N) is 1. The molecular weight excluding hydrogens is 446 g/mol. The van der Waals surface area contributed by atoms with Crippen LogP contribution in [0, 0.1) is 4.77 Å². The van der Waals surface area contributed by atoms with Crippen LogP contribution in [0.2, 0.25) is 0 Å². The van der Waals surface area contributed by atoms with Gasteiger partial charge >= 0.3 is 0 Å². The molecule has 5 rings (SSSR count). The number of anilines is 1. The van der Waals surface area contributed by atoms with E-state index in [-0.39, 0.29) is 12.5 Å². The van der Waals surface area contributed by atoms with Crippen molar-refractivity contribution in [3.8, 4) is 17.1 Å². The predicted octanol–water partition coefficient (Wildman–Crippen LogP) is 2.97. The van der Waals surface area contributed by atoms with Gasteiger partial charge in [-0.1, -0.05) is 11.3 Å². The van der Waals surface area contributed by atoms with Crippen molar-refractivity contribution in [3.63, 3.8) is 0 Å². The molecule has 1 amide bonds. The number of hydrogen-bond donors (Lipinski definition) is 1. The molecule has 9 nitrogen and oxygen atoms in total. The number of rotatable bonds is 5. The molecule has 1 saturated heterocycles. The maximum Gasteiger partial charge on any atom is 0.242 e. The zero-order valence-electron chi connectivity index (χ0n) is 17.4. The second-order valence-electron chi connectivity index (χ2n) is 7.36. The number of amides is 1. The Morgan fingerprint density at radius 3 is 2.69 bits per heavy atom. The van der Waals surface area contributed by atoms with Crippen molar-refractivity contribution in [2.45, 2.75) is 6.54 Å². The molecule has 4 aromatic rings. The average molecular weight is 468 g/mol. The zero-order chi connectivity index (χ0) is 22.1. The number of hydrogen-bond acceptors (Lipinski definition) is 8. The number of thiazole rings is 1. The fraction of sp³-hybridized carbons (Fsp3) is 0.286. The SMILES string of the molecule is COc1ccc(-c2n[nH]c(=S)n2CC(=O)N2CCN(c3nc4cccnc4s3)CC2)cc1. The van der Waals surface area contributed by atoms with Gasteiger partial charge < -0.3 is 14.5 Å². The Labute approximate surface area is 193 Å². The lowest BCUT2D eigenvalue weighted by Crippen LogP contribution is -2.49. The Morgan fingerprint density at radius 1 is 1.19 bits per heavy atom. The highest BCUT2D eigenvalue weighted by Gasteiger charge is 2.24. The molecule has 164 valence electrons. The second-order valence-corrected chi connectivity index (χ2v) is 8.70. The second kappa shape index (κ2) is 8.67. The fourth-order valence-electron chi connectivity index (χ4n) is 3.70. The van der Waals surface area contributed by atoms with Crippen molar-refractivity contribution in [2.24, 2.45) is 0 Å². The molecule has 0 bridgehead atoms. The van der Waals surface area contributed by atoms with Crippen molar-refractivity contribution in [1.82, 2.24) is 29.6 Å². The van der Waals surface area contributed by atoms with E-state index in [1.54, 1.807) is 29.2 Å². The van der Waals surface area contributed by atoms with Crippen molar-refractivity contribution in [1.29, 1.82) is 0 Å². The van der Waals surface area contributed by atoms with Gasteiger partial charge in [-0.05, 0) is 48.6 Å². The van der Waals surface area contributed by atoms with Crippen molar-refractivity contribution < 1.29 is 9.53 Å². The Kier molecular flexibility index (Phi) is 5.58. The normalized spacial score (nSPS) is 14.2. The van der Waals surface area contributed by atoms with Crippen LogP contribution in [0.4, 0.5) is 5.13 Å². The minimum Gasteiger partial charge on any atom is -0.497 e. The van der Waals surface area contributed by atoms with Crippen molar-refractivity contribution >= 4 is 44.9 Å². The van der Waals surface area contributed by atoms with Gasteiger partial charge in [-0.2, -0.15) is 5.10 Å². The lowest BCUT2D eigenvalue weighted by molar-refractivity contribution is -0.132. The molecule has 3 aromatic heterocycles. The van der Waals surface area contributed by atoms with Crippen LogP contribution >= 0.6 is 23.6 Å². The van der Waals surface area contributed by atoms with Gasteiger partial charge in [0, 0.05) is 37.9 Å². The molecule has 1 aliphatic rings. The van der Waals surface area contributed by atoms with Crippen LogP contribution in [0.1, 0.15) is 0 Å². The molecule has 1 aliphatic heterocycles. The van der Waals surface area contributed by atoms with E-state index in [1.807, 2.05) is 41.3 Å². The molecular formula is C21H21N7O2S2. The first-order chi connectivity index (χ1) is 15.6. The van der Waals surface area contributed by atoms with Gasteiger partial charge in [0.1, 0.15) is 22.6 Å². The standard InChI is InChI=1S/C21H21N7O2S2/c1-30-15-6-4-14(5-7-15)18-24-25-20(31)28(18)13-17(29)26-9-11-27(12-10-26)21-23-16-3-2-8-22-19(16)32-21/h2-8H,9-13H2,1H3,(H,25,31). The molecule has 1 fully saturated rings. The van der Waals surface area contributed by atoms with E-state index in [4.69, 9.17) is 17.0 Å². The number of ether oxygens (including phenoxy) is 1. The topological polar surface area (TPSA) is 92.2 Å². The predicted molar refractivity (Wildman–Crippen MR) is 126 cm³/mol. The fourth-order valence-corrected chi connectivity index (χ4v) is 4.86. The Morgan fingerprint density at radius 2 is 1.97 bits per heavy atom. The van der Waals surface area contributed by atoms with E-state index in [9.17, 15) is 4.79 Å². The van der Waals surface area contributed by atoms with Crippen molar-refractivity contribution in [3.05, 3.63) is 47.4 Å². The number of fused-ring (bicyclic) bond motifs is 1. The molecule has 0 aliphatic carbocycles. The summed E-state index contributed by atoms with van der Waals surface area (Å²) in [5.41, 5.74) is 1.77. The number of carbonyl (C=O) groups is 1. The number of aromatic nitrogens is 5. The van der Waals surface area contributed by atoms with Gasteiger partial charge in [0.05, 0.1) is 7.11 Å². The number of H-pyrrole nitrogens is 1. The maximum absolute atomic E-state index is 13.0. The van der Waals surface area contributed by atoms with E-state index in [0.29, 0.717) is 23.7 Å². The summed E-state index contributed by atoms with van der Waals surface area (Å²) in [5.74, 6) is 1.40. The molecule has 32 heavy (non-hydrogen) atoms. The average Bonchev–Trinajstić information content (AvgIpc) is 3.43. The first-order valence-corrected chi connectivity index (χ1v) is 11.4. The van der Waals surface area contributed by atoms with Gasteiger partial charge in [0.15, 0.2) is 15.7 Å². The van der Waals surface area contributed by atoms with Crippen LogP contribution in [-0.4, -0.2) is 68.8 Å². The van der Waals surface area contributed by atoms with Gasteiger partial charge in [-0.15, -0.1) is 0 Å². The molecule has 0 atom stereocenters. The summed E-state index contributed by atoms with van der Waals surface area (Å²) in [6, 6.07) is 11.4. The lowest BCUT2D eigenvalue weighted by atomic mass is 10.2. The Hall–Kier alpha value is -3.31. The van der Waals surface area contributed by atoms with Crippen LogP contribution in [0.15, 0.2) is 42.6 Å². The zero-order valence-corrected chi connectivity index (χ0v) is 19.0. The molecule has 11 heteroatoms. The highest BCUT2D eigenvalue weighted by atomic mass is 32.1. The van der Waals surface area contributed by atoms with Crippen LogP contribution in [-0.2, 0) is 11.3 Å². The molecule has 0 radical (unpaired) electrons. The summed E-state index contributed by atoms with van der Waals surface area (Å²) in [5, 5.41) is 8.08. The molecule has 4 heterocycles. The van der Waals surface area contributed by atoms with E-state index >= 15 is 0 Å². The molecule has 0 saturated carbocycles. The number of methoxy groups -OCH3 is 1. The summed E-state index contributed by atoms with van der Waals surface area (Å²) in [7, 11) is 1.62. The van der Waals surface area contributed by atoms with Crippen LogP contribution in [0.25, 0.3) is 21.7 Å². The van der Waals surface area contributed by atoms with Gasteiger partial charge in [0.2, 0.25) is 5.91 Å². The first kappa shape index (κ1) is 20.6. The van der Waals surface area contributed by atoms with E-state index in [0.717, 1.165) is 39.9 Å². The number of pyridine rings is 1. The van der Waals surface area contributed by atoms with Gasteiger partial charge in [-0.3, -0.25) is 14.5 Å². The number of carbonyl (C=O) groups excluding carboxylic acids is 1. The largest absolute Gasteiger partial charge is 0.497 e. The summed E-state index contributed by atoms with van der Waals surface area (Å²) < 4.78 is 7.38. The van der Waals surface area contributed by atoms with Crippen molar-refractivity contribution in [2.75, 3.05) is 38.2 Å². The maximum atomic E-state index is 13.0. The number of nitrogens with zero attached hydrogens (tertiary/aromatic N) is 6. The highest BCUT2D eigenvalue weighted by molar-refractivity contribution is 7.71. The number of aromatic amines is 1. The molecule has 0 spiro atoms. The smallest absolute Gasteiger partial charge is 0.242 e. The van der Waals surface area contributed by atoms with Crippen LogP contribution in [0.5, 0.6) is 5.75 Å². The molecule has 0 unspecified atom stereocenters. The van der Waals surface area contributed by atoms with E-state index in [1.165, 1.54) is 0 Å².